The summed E-state index contributed by atoms with van der Waals surface area (Å²) in [6, 6.07) is -1.16. The van der Waals surface area contributed by atoms with Crippen LogP contribution in [0.25, 0.3) is 0 Å². The van der Waals surface area contributed by atoms with Gasteiger partial charge in [0, 0.05) is 51.4 Å². The van der Waals surface area contributed by atoms with Crippen LogP contribution in [0.1, 0.15) is 126 Å². The smallest absolute Gasteiger partial charge is 0.329 e. The molecule has 14 nitrogen and oxygen atoms in total. The monoisotopic (exact) mass is 900 g/mol. The van der Waals surface area contributed by atoms with Crippen LogP contribution in [0, 0.1) is 35.5 Å². The van der Waals surface area contributed by atoms with E-state index in [1.807, 2.05) is 51.2 Å². The lowest BCUT2D eigenvalue weighted by Gasteiger charge is -2.42. The maximum absolute atomic E-state index is 14.3. The van der Waals surface area contributed by atoms with Crippen molar-refractivity contribution in [2.45, 2.75) is 180 Å². The van der Waals surface area contributed by atoms with E-state index in [1.165, 1.54) is 12.0 Å². The van der Waals surface area contributed by atoms with E-state index in [4.69, 9.17) is 18.9 Å². The first-order valence-corrected chi connectivity index (χ1v) is 23.5. The Morgan fingerprint density at radius 3 is 2.23 bits per heavy atom. The van der Waals surface area contributed by atoms with E-state index in [0.717, 1.165) is 5.57 Å². The maximum atomic E-state index is 14.3. The number of piperidine rings is 1. The Morgan fingerprint density at radius 2 is 1.56 bits per heavy atom. The number of allylic oxidation sites excluding steroid dienone is 6. The van der Waals surface area contributed by atoms with Crippen molar-refractivity contribution in [2.24, 2.45) is 35.5 Å². The lowest BCUT2D eigenvalue weighted by atomic mass is 9.78. The van der Waals surface area contributed by atoms with Gasteiger partial charge in [-0.05, 0) is 107 Å². The van der Waals surface area contributed by atoms with Crippen LogP contribution in [0.15, 0.2) is 47.6 Å². The van der Waals surface area contributed by atoms with Gasteiger partial charge in [-0.15, -0.1) is 0 Å². The fraction of sp³-hybridized carbons (Fsp3) is 0.740. The Labute approximate surface area is 380 Å². The molecule has 2 saturated heterocycles. The fourth-order valence-electron chi connectivity index (χ4n) is 9.88. The number of esters is 1. The number of nitrogens with zero attached hydrogens (tertiary/aromatic N) is 1. The van der Waals surface area contributed by atoms with Crippen LogP contribution in [0.5, 0.6) is 0 Å². The Bertz CT molecular complexity index is 1740. The molecule has 1 aliphatic carbocycles. The van der Waals surface area contributed by atoms with Gasteiger partial charge in [-0.2, -0.15) is 0 Å². The van der Waals surface area contributed by atoms with Crippen molar-refractivity contribution in [1.82, 2.24) is 4.90 Å². The second kappa shape index (κ2) is 24.4. The third-order valence-electron chi connectivity index (χ3n) is 14.2. The third kappa shape index (κ3) is 13.8. The summed E-state index contributed by atoms with van der Waals surface area (Å²) < 4.78 is 23.7. The van der Waals surface area contributed by atoms with Gasteiger partial charge < -0.3 is 44.3 Å². The Balaban J connectivity index is 1.70. The second-order valence-electron chi connectivity index (χ2n) is 19.4. The van der Waals surface area contributed by atoms with Crippen LogP contribution in [0.2, 0.25) is 0 Å². The first-order chi connectivity index (χ1) is 30.2. The number of aliphatic hydroxyl groups excluding tert-OH is 3. The zero-order valence-electron chi connectivity index (χ0n) is 39.6. The molecule has 0 spiro atoms. The van der Waals surface area contributed by atoms with Crippen molar-refractivity contribution in [1.29, 1.82) is 0 Å². The van der Waals surface area contributed by atoms with E-state index in [1.54, 1.807) is 40.9 Å². The quantitative estimate of drug-likeness (QED) is 0.153. The lowest BCUT2D eigenvalue weighted by Crippen LogP contribution is -2.61. The highest BCUT2D eigenvalue weighted by atomic mass is 16.6. The number of hydrogen-bond donors (Lipinski definition) is 4. The van der Waals surface area contributed by atoms with Gasteiger partial charge in [0.25, 0.3) is 11.7 Å². The zero-order valence-corrected chi connectivity index (χ0v) is 39.6. The molecule has 360 valence electrons. The zero-order chi connectivity index (χ0) is 47.5. The molecule has 3 aliphatic heterocycles. The van der Waals surface area contributed by atoms with Crippen LogP contribution < -0.4 is 0 Å². The number of amides is 1. The lowest BCUT2D eigenvalue weighted by molar-refractivity contribution is -0.265. The summed E-state index contributed by atoms with van der Waals surface area (Å²) in [6.07, 6.45) is 9.61. The summed E-state index contributed by atoms with van der Waals surface area (Å²) in [5.74, 6) is -8.29. The summed E-state index contributed by atoms with van der Waals surface area (Å²) in [6.45, 7) is 12.6. The molecule has 0 aromatic rings. The van der Waals surface area contributed by atoms with Crippen molar-refractivity contribution in [3.05, 3.63) is 47.6 Å². The predicted molar refractivity (Wildman–Crippen MR) is 240 cm³/mol. The number of cyclic esters (lactones) is 1. The molecule has 15 atom stereocenters. The first kappa shape index (κ1) is 53.2. The minimum Gasteiger partial charge on any atom is -0.460 e. The van der Waals surface area contributed by atoms with E-state index in [2.05, 4.69) is 0 Å². The molecule has 1 amide bonds. The average Bonchev–Trinajstić information content (AvgIpc) is 3.26. The topological polar surface area (TPSA) is 206 Å². The van der Waals surface area contributed by atoms with Gasteiger partial charge in [-0.25, -0.2) is 4.79 Å². The molecule has 2 bridgehead atoms. The highest BCUT2D eigenvalue weighted by molar-refractivity contribution is 6.39. The summed E-state index contributed by atoms with van der Waals surface area (Å²) in [4.78, 5) is 71.5. The van der Waals surface area contributed by atoms with Crippen molar-refractivity contribution in [3.8, 4) is 0 Å². The van der Waals surface area contributed by atoms with E-state index in [9.17, 15) is 44.4 Å². The van der Waals surface area contributed by atoms with Gasteiger partial charge in [0.15, 0.2) is 5.78 Å². The summed E-state index contributed by atoms with van der Waals surface area (Å²) in [5.41, 5.74) is 1.24. The highest BCUT2D eigenvalue weighted by Gasteiger charge is 2.53. The Morgan fingerprint density at radius 1 is 0.844 bits per heavy atom. The molecule has 4 aliphatic rings. The van der Waals surface area contributed by atoms with Gasteiger partial charge in [0.2, 0.25) is 5.79 Å². The molecule has 0 radical (unpaired) electrons. The minimum atomic E-state index is -2.44. The predicted octanol–water partition coefficient (Wildman–Crippen LogP) is 5.53. The summed E-state index contributed by atoms with van der Waals surface area (Å²) in [5, 5.41) is 43.9. The second-order valence-corrected chi connectivity index (χ2v) is 19.4. The maximum Gasteiger partial charge on any atom is 0.329 e. The van der Waals surface area contributed by atoms with Crippen molar-refractivity contribution in [3.63, 3.8) is 0 Å². The van der Waals surface area contributed by atoms with Gasteiger partial charge >= 0.3 is 5.97 Å². The Kier molecular flexibility index (Phi) is 20.3. The molecular weight excluding hydrogens is 823 g/mol. The molecule has 1 unspecified atom stereocenters. The molecule has 3 fully saturated rings. The van der Waals surface area contributed by atoms with Crippen LogP contribution in [0.4, 0.5) is 0 Å². The number of fused-ring (bicyclic) bond motifs is 3. The number of methoxy groups -OCH3 is 2. The number of carbonyl (C=O) groups is 5. The molecule has 3 heterocycles. The molecule has 4 N–H and O–H groups in total. The highest BCUT2D eigenvalue weighted by Crippen LogP contribution is 2.37. The molecule has 64 heavy (non-hydrogen) atoms. The van der Waals surface area contributed by atoms with Crippen LogP contribution in [0.3, 0.4) is 0 Å². The molecule has 0 aromatic carbocycles. The number of hydrogen-bond acceptors (Lipinski definition) is 13. The number of carbonyl (C=O) groups excluding carboxylic acids is 5. The average molecular weight is 900 g/mol. The van der Waals surface area contributed by atoms with Gasteiger partial charge in [-0.3, -0.25) is 19.2 Å². The van der Waals surface area contributed by atoms with E-state index in [-0.39, 0.29) is 42.8 Å². The fourth-order valence-corrected chi connectivity index (χ4v) is 9.88. The van der Waals surface area contributed by atoms with E-state index in [0.29, 0.717) is 69.8 Å². The van der Waals surface area contributed by atoms with Gasteiger partial charge in [0.05, 0.1) is 24.4 Å². The number of rotatable bonds is 5. The van der Waals surface area contributed by atoms with Crippen molar-refractivity contribution >= 4 is 29.2 Å². The standard InChI is InChI=1S/C50H77NO13/c1-29-15-11-10-12-16-30(2)42(61-8)27-37-20-18-35(7)50(60,64-37)47(57)48(58)51-22-14-13-17-38(51)49(59)63-43(32(4)25-36-19-21-39(52)41(54)26-36)28-40(53)31(3)24-34(6)45(56)46(62-9)44(55)33(5)23-29/h10-12,15-16,24,29,31-33,35-39,41-43,45-46,52,54,56,60H,13-14,17-23,25-28H2,1-9H3/b12-10+,15-11+,30-16+,34-24+/t29-,31-,32-,33-,35-,36?,37+,38+,39-,41-,42+,43+,45-,46+,50-/m1/s1. The number of ketones is 3. The molecule has 14 heteroatoms. The number of aliphatic hydroxyl groups is 4. The largest absolute Gasteiger partial charge is 0.460 e. The molecule has 1 saturated carbocycles. The van der Waals surface area contributed by atoms with Gasteiger partial charge in [0.1, 0.15) is 30.1 Å². The first-order valence-electron chi connectivity index (χ1n) is 23.5. The van der Waals surface area contributed by atoms with Crippen molar-refractivity contribution in [2.75, 3.05) is 20.8 Å². The van der Waals surface area contributed by atoms with Crippen LogP contribution >= 0.6 is 0 Å². The number of Topliss-reactive ketones (excluding diaryl/α,β-unsaturated/α-hetero) is 3. The molecule has 0 aromatic heterocycles. The van der Waals surface area contributed by atoms with E-state index >= 15 is 0 Å². The van der Waals surface area contributed by atoms with Crippen molar-refractivity contribution < 1.29 is 63.3 Å². The van der Waals surface area contributed by atoms with Gasteiger partial charge in [-0.1, -0.05) is 71.1 Å². The SMILES string of the molecule is CO[C@H]1C[C@@H]2CC[C@@H](C)[C@@](O)(O2)C(=O)C(=O)N2CCCC[C@H]2C(=O)O[C@H]([C@H](C)CC2CC[C@@H](O)[C@H](O)C2)CC(=O)[C@H](C)/C=C(\C)[C@@H](O)[C@@H](OC)C(=O)[C@H](C)C[C@H](C)/C=C/C=C/C=C/1C. The van der Waals surface area contributed by atoms with Crippen LogP contribution in [-0.2, 0) is 42.9 Å². The molecule has 4 rings (SSSR count). The normalized spacial score (nSPS) is 40.9. The van der Waals surface area contributed by atoms with E-state index < -0.39 is 95.9 Å². The summed E-state index contributed by atoms with van der Waals surface area (Å²) in [7, 11) is 2.94. The third-order valence-corrected chi connectivity index (χ3v) is 14.2. The summed E-state index contributed by atoms with van der Waals surface area (Å²) >= 11 is 0. The molecular formula is C50H77NO13. The van der Waals surface area contributed by atoms with Crippen LogP contribution in [-0.4, -0.2) is 130 Å². The minimum absolute atomic E-state index is 0.0134. The Hall–Kier alpha value is -3.37. The number of ether oxygens (including phenoxy) is 4.